The molecule has 1 aromatic heterocycles. The van der Waals surface area contributed by atoms with Gasteiger partial charge < -0.3 is 20.0 Å². The van der Waals surface area contributed by atoms with Crippen molar-refractivity contribution >= 4 is 5.84 Å². The van der Waals surface area contributed by atoms with Crippen molar-refractivity contribution in [3.8, 4) is 17.4 Å². The van der Waals surface area contributed by atoms with Gasteiger partial charge in [-0.3, -0.25) is 0 Å². The fraction of sp³-hybridized carbons (Fsp3) is 0.100. The molecule has 0 aliphatic heterocycles. The molecule has 6 nitrogen and oxygen atoms in total. The van der Waals surface area contributed by atoms with Crippen LogP contribution in [0.4, 0.5) is 4.39 Å². The summed E-state index contributed by atoms with van der Waals surface area (Å²) in [5.41, 5.74) is 6.46. The fourth-order valence-corrected chi connectivity index (χ4v) is 2.10. The molecule has 7 heteroatoms. The van der Waals surface area contributed by atoms with Crippen molar-refractivity contribution in [3.63, 3.8) is 0 Å². The van der Waals surface area contributed by atoms with Crippen molar-refractivity contribution in [2.24, 2.45) is 10.9 Å². The Balaban J connectivity index is 1.47. The summed E-state index contributed by atoms with van der Waals surface area (Å²) in [6, 6.07) is 18.4. The van der Waals surface area contributed by atoms with E-state index >= 15 is 0 Å². The summed E-state index contributed by atoms with van der Waals surface area (Å²) in [4.78, 5) is 9.30. The molecule has 0 bridgehead atoms. The average molecular weight is 367 g/mol. The molecule has 0 aliphatic carbocycles. The molecule has 0 spiro atoms. The molecular formula is C20H18FN3O3. The fourth-order valence-electron chi connectivity index (χ4n) is 2.10. The van der Waals surface area contributed by atoms with Crippen molar-refractivity contribution in [3.05, 3.63) is 84.3 Å². The van der Waals surface area contributed by atoms with E-state index in [1.165, 1.54) is 30.5 Å². The van der Waals surface area contributed by atoms with Crippen LogP contribution in [0.5, 0.6) is 17.4 Å². The molecule has 2 N–H and O–H groups in total. The minimum Gasteiger partial charge on any atom is -0.490 e. The lowest BCUT2D eigenvalue weighted by Crippen LogP contribution is -2.15. The van der Waals surface area contributed by atoms with Crippen LogP contribution in [0.25, 0.3) is 0 Å². The molecule has 0 amide bonds. The number of ether oxygens (including phenoxy) is 2. The highest BCUT2D eigenvalue weighted by Crippen LogP contribution is 2.19. The molecule has 138 valence electrons. The number of benzene rings is 2. The van der Waals surface area contributed by atoms with E-state index in [1.54, 1.807) is 12.1 Å². The zero-order valence-corrected chi connectivity index (χ0v) is 14.4. The predicted molar refractivity (Wildman–Crippen MR) is 99.3 cm³/mol. The minimum absolute atomic E-state index is 0.190. The molecule has 0 aliphatic rings. The van der Waals surface area contributed by atoms with Gasteiger partial charge >= 0.3 is 0 Å². The monoisotopic (exact) mass is 367 g/mol. The van der Waals surface area contributed by atoms with Crippen molar-refractivity contribution < 1.29 is 18.7 Å². The lowest BCUT2D eigenvalue weighted by Gasteiger charge is -2.06. The van der Waals surface area contributed by atoms with E-state index in [1.807, 2.05) is 30.3 Å². The summed E-state index contributed by atoms with van der Waals surface area (Å²) in [5.74, 6) is 1.47. The van der Waals surface area contributed by atoms with Crippen LogP contribution in [0, 0.1) is 5.82 Å². The van der Waals surface area contributed by atoms with Gasteiger partial charge in [0, 0.05) is 17.8 Å². The number of halogens is 1. The molecule has 0 radical (unpaired) electrons. The quantitative estimate of drug-likeness (QED) is 0.284. The Morgan fingerprint density at radius 3 is 2.41 bits per heavy atom. The number of rotatable bonds is 8. The van der Waals surface area contributed by atoms with E-state index in [0.717, 1.165) is 5.75 Å². The van der Waals surface area contributed by atoms with Crippen LogP contribution in [0.1, 0.15) is 5.56 Å². The van der Waals surface area contributed by atoms with Gasteiger partial charge in [0.1, 0.15) is 23.9 Å². The van der Waals surface area contributed by atoms with Crippen LogP contribution >= 0.6 is 0 Å². The molecule has 3 rings (SSSR count). The van der Waals surface area contributed by atoms with E-state index in [4.69, 9.17) is 20.0 Å². The molecule has 0 saturated heterocycles. The van der Waals surface area contributed by atoms with Crippen molar-refractivity contribution in [2.75, 3.05) is 13.2 Å². The van der Waals surface area contributed by atoms with Gasteiger partial charge in [0.15, 0.2) is 12.4 Å². The van der Waals surface area contributed by atoms with Gasteiger partial charge in [0.25, 0.3) is 0 Å². The van der Waals surface area contributed by atoms with Gasteiger partial charge in [-0.25, -0.2) is 9.37 Å². The number of nitrogens with two attached hydrogens (primary N) is 1. The zero-order valence-electron chi connectivity index (χ0n) is 14.4. The zero-order chi connectivity index (χ0) is 18.9. The highest BCUT2D eigenvalue weighted by Gasteiger charge is 2.03. The Morgan fingerprint density at radius 1 is 0.926 bits per heavy atom. The average Bonchev–Trinajstić information content (AvgIpc) is 2.71. The topological polar surface area (TPSA) is 79.0 Å². The smallest absolute Gasteiger partial charge is 0.219 e. The number of hydrogen-bond donors (Lipinski definition) is 1. The van der Waals surface area contributed by atoms with Crippen LogP contribution in [0.15, 0.2) is 78.1 Å². The Morgan fingerprint density at radius 2 is 1.70 bits per heavy atom. The van der Waals surface area contributed by atoms with E-state index in [0.29, 0.717) is 23.8 Å². The van der Waals surface area contributed by atoms with Gasteiger partial charge in [-0.1, -0.05) is 23.4 Å². The lowest BCUT2D eigenvalue weighted by atomic mass is 10.3. The van der Waals surface area contributed by atoms with E-state index in [2.05, 4.69) is 10.1 Å². The molecular weight excluding hydrogens is 349 g/mol. The highest BCUT2D eigenvalue weighted by molar-refractivity contribution is 5.96. The Labute approximate surface area is 156 Å². The summed E-state index contributed by atoms with van der Waals surface area (Å²) >= 11 is 0. The molecule has 0 atom stereocenters. The number of pyridine rings is 1. The minimum atomic E-state index is -0.330. The van der Waals surface area contributed by atoms with Crippen molar-refractivity contribution in [1.82, 2.24) is 4.98 Å². The first-order valence-electron chi connectivity index (χ1n) is 8.24. The summed E-state index contributed by atoms with van der Waals surface area (Å²) < 4.78 is 23.9. The summed E-state index contributed by atoms with van der Waals surface area (Å²) in [5, 5.41) is 3.84. The number of aromatic nitrogens is 1. The molecule has 2 aromatic carbocycles. The van der Waals surface area contributed by atoms with Crippen LogP contribution in [0.3, 0.4) is 0 Å². The van der Waals surface area contributed by atoms with Gasteiger partial charge in [0.2, 0.25) is 5.88 Å². The first kappa shape index (κ1) is 18.2. The van der Waals surface area contributed by atoms with Crippen molar-refractivity contribution in [2.45, 2.75) is 0 Å². The molecule has 3 aromatic rings. The molecule has 0 unspecified atom stereocenters. The van der Waals surface area contributed by atoms with Crippen LogP contribution < -0.4 is 15.2 Å². The summed E-state index contributed by atoms with van der Waals surface area (Å²) in [6.07, 6.45) is 1.52. The maximum atomic E-state index is 12.9. The van der Waals surface area contributed by atoms with Gasteiger partial charge in [0.05, 0.1) is 0 Å². The maximum Gasteiger partial charge on any atom is 0.219 e. The maximum absolute atomic E-state index is 12.9. The second-order valence-electron chi connectivity index (χ2n) is 5.41. The van der Waals surface area contributed by atoms with Gasteiger partial charge in [-0.15, -0.1) is 0 Å². The SMILES string of the molecule is N/C(=N/OCCOc1ccccc1)c1ccc(Oc2ccc(F)cc2)nc1. The third kappa shape index (κ3) is 5.71. The summed E-state index contributed by atoms with van der Waals surface area (Å²) in [6.45, 7) is 0.609. The third-order valence-corrected chi connectivity index (χ3v) is 3.42. The molecule has 0 fully saturated rings. The molecule has 1 heterocycles. The van der Waals surface area contributed by atoms with Crippen LogP contribution in [-0.2, 0) is 4.84 Å². The van der Waals surface area contributed by atoms with Gasteiger partial charge in [-0.2, -0.15) is 0 Å². The van der Waals surface area contributed by atoms with E-state index in [9.17, 15) is 4.39 Å². The molecule has 0 saturated carbocycles. The second-order valence-corrected chi connectivity index (χ2v) is 5.41. The number of nitrogens with zero attached hydrogens (tertiary/aromatic N) is 2. The van der Waals surface area contributed by atoms with Crippen LogP contribution in [-0.4, -0.2) is 24.0 Å². The largest absolute Gasteiger partial charge is 0.490 e. The Hall–Kier alpha value is -3.61. The first-order chi connectivity index (χ1) is 13.2. The lowest BCUT2D eigenvalue weighted by molar-refractivity contribution is 0.107. The van der Waals surface area contributed by atoms with E-state index in [-0.39, 0.29) is 18.3 Å². The number of oxime groups is 1. The number of para-hydroxylation sites is 1. The second kappa shape index (κ2) is 9.19. The standard InChI is InChI=1S/C20H18FN3O3/c21-16-7-9-18(10-8-16)27-19-11-6-15(14-23-19)20(22)24-26-13-12-25-17-4-2-1-3-5-17/h1-11,14H,12-13H2,(H2,22,24). The Bertz CT molecular complexity index is 869. The summed E-state index contributed by atoms with van der Waals surface area (Å²) in [7, 11) is 0. The molecule has 27 heavy (non-hydrogen) atoms. The first-order valence-corrected chi connectivity index (χ1v) is 8.24. The number of hydrogen-bond acceptors (Lipinski definition) is 5. The van der Waals surface area contributed by atoms with E-state index < -0.39 is 0 Å². The van der Waals surface area contributed by atoms with Crippen molar-refractivity contribution in [1.29, 1.82) is 0 Å². The van der Waals surface area contributed by atoms with Gasteiger partial charge in [-0.05, 0) is 42.5 Å². The van der Waals surface area contributed by atoms with Crippen LogP contribution in [0.2, 0.25) is 0 Å². The number of amidine groups is 1. The normalized spacial score (nSPS) is 11.1. The Kier molecular flexibility index (Phi) is 6.19. The predicted octanol–water partition coefficient (Wildman–Crippen LogP) is 3.73. The highest BCUT2D eigenvalue weighted by atomic mass is 19.1. The third-order valence-electron chi connectivity index (χ3n) is 3.42.